The van der Waals surface area contributed by atoms with Gasteiger partial charge in [-0.3, -0.25) is 5.32 Å². The lowest BCUT2D eigenvalue weighted by Crippen LogP contribution is -2.27. The van der Waals surface area contributed by atoms with Crippen molar-refractivity contribution in [3.05, 3.63) is 16.0 Å². The highest BCUT2D eigenvalue weighted by molar-refractivity contribution is 7.17. The number of rotatable bonds is 2. The van der Waals surface area contributed by atoms with Gasteiger partial charge in [-0.1, -0.05) is 0 Å². The second-order valence-electron chi connectivity index (χ2n) is 4.73. The normalized spacial score (nSPS) is 13.6. The third-order valence-corrected chi connectivity index (χ3v) is 4.39. The summed E-state index contributed by atoms with van der Waals surface area (Å²) in [5.74, 6) is -0.367. The highest BCUT2D eigenvalue weighted by Crippen LogP contribution is 2.38. The molecule has 0 radical (unpaired) electrons. The maximum absolute atomic E-state index is 11.9. The van der Waals surface area contributed by atoms with Crippen LogP contribution in [0.1, 0.15) is 33.6 Å². The second-order valence-corrected chi connectivity index (χ2v) is 5.84. The van der Waals surface area contributed by atoms with Gasteiger partial charge in [0.05, 0.1) is 12.7 Å². The van der Waals surface area contributed by atoms with E-state index in [1.54, 1.807) is 14.1 Å². The first kappa shape index (κ1) is 13.9. The number of fused-ring (bicyclic) bond motifs is 1. The molecular formula is C13H18N2O3S. The standard InChI is InChI=1S/C13H18N2O3S/c1-15(2)13(17)14-11-10(12(16)18-3)8-6-4-5-7-9(8)19-11/h4-7H2,1-3H3,(H,14,17). The smallest absolute Gasteiger partial charge is 0.341 e. The number of amides is 2. The van der Waals surface area contributed by atoms with Crippen LogP contribution in [-0.4, -0.2) is 38.1 Å². The third-order valence-electron chi connectivity index (χ3n) is 3.19. The fraction of sp³-hybridized carbons (Fsp3) is 0.538. The SMILES string of the molecule is COC(=O)c1c(NC(=O)N(C)C)sc2c1CCCC2. The summed E-state index contributed by atoms with van der Waals surface area (Å²) in [5.41, 5.74) is 1.59. The molecule has 19 heavy (non-hydrogen) atoms. The van der Waals surface area contributed by atoms with Crippen molar-refractivity contribution >= 4 is 28.3 Å². The molecule has 2 rings (SSSR count). The molecule has 5 nitrogen and oxygen atoms in total. The summed E-state index contributed by atoms with van der Waals surface area (Å²) in [4.78, 5) is 26.3. The summed E-state index contributed by atoms with van der Waals surface area (Å²) in [6, 6.07) is -0.233. The summed E-state index contributed by atoms with van der Waals surface area (Å²) in [7, 11) is 4.70. The predicted octanol–water partition coefficient (Wildman–Crippen LogP) is 2.51. The van der Waals surface area contributed by atoms with Gasteiger partial charge in [-0.25, -0.2) is 9.59 Å². The van der Waals surface area contributed by atoms with Crippen LogP contribution >= 0.6 is 11.3 Å². The maximum atomic E-state index is 11.9. The van der Waals surface area contributed by atoms with E-state index in [2.05, 4.69) is 5.32 Å². The molecule has 1 heterocycles. The average molecular weight is 282 g/mol. The monoisotopic (exact) mass is 282 g/mol. The molecule has 0 bridgehead atoms. The van der Waals surface area contributed by atoms with Gasteiger partial charge in [-0.05, 0) is 31.2 Å². The summed E-state index contributed by atoms with van der Waals surface area (Å²) < 4.78 is 4.85. The van der Waals surface area contributed by atoms with E-state index in [-0.39, 0.29) is 12.0 Å². The summed E-state index contributed by atoms with van der Waals surface area (Å²) in [6.07, 6.45) is 4.07. The molecule has 0 unspecified atom stereocenters. The molecule has 1 N–H and O–H groups in total. The number of ether oxygens (including phenoxy) is 1. The Morgan fingerprint density at radius 2 is 1.95 bits per heavy atom. The molecular weight excluding hydrogens is 264 g/mol. The number of hydrogen-bond donors (Lipinski definition) is 1. The second kappa shape index (κ2) is 5.61. The minimum absolute atomic E-state index is 0.233. The van der Waals surface area contributed by atoms with Crippen molar-refractivity contribution in [3.63, 3.8) is 0 Å². The van der Waals surface area contributed by atoms with Crippen molar-refractivity contribution in [2.24, 2.45) is 0 Å². The number of carbonyl (C=O) groups excluding carboxylic acids is 2. The van der Waals surface area contributed by atoms with Crippen LogP contribution in [0, 0.1) is 0 Å². The summed E-state index contributed by atoms with van der Waals surface area (Å²) in [6.45, 7) is 0. The average Bonchev–Trinajstić information content (AvgIpc) is 2.75. The molecule has 1 aliphatic rings. The molecule has 1 aliphatic carbocycles. The van der Waals surface area contributed by atoms with Crippen LogP contribution < -0.4 is 5.32 Å². The zero-order chi connectivity index (χ0) is 14.0. The van der Waals surface area contributed by atoms with E-state index >= 15 is 0 Å². The molecule has 1 aromatic rings. The molecule has 104 valence electrons. The van der Waals surface area contributed by atoms with Gasteiger partial charge in [0.25, 0.3) is 0 Å². The zero-order valence-corrected chi connectivity index (χ0v) is 12.2. The Morgan fingerprint density at radius 3 is 2.58 bits per heavy atom. The number of anilines is 1. The first-order valence-corrected chi connectivity index (χ1v) is 7.07. The van der Waals surface area contributed by atoms with E-state index in [9.17, 15) is 9.59 Å². The van der Waals surface area contributed by atoms with E-state index in [1.807, 2.05) is 0 Å². The highest BCUT2D eigenvalue weighted by atomic mass is 32.1. The van der Waals surface area contributed by atoms with E-state index in [0.717, 1.165) is 31.2 Å². The highest BCUT2D eigenvalue weighted by Gasteiger charge is 2.27. The molecule has 0 saturated carbocycles. The Labute approximate surface area is 116 Å². The van der Waals surface area contributed by atoms with Gasteiger partial charge < -0.3 is 9.64 Å². The molecule has 0 atom stereocenters. The number of aryl methyl sites for hydroxylation is 1. The third kappa shape index (κ3) is 2.73. The Balaban J connectivity index is 2.39. The van der Waals surface area contributed by atoms with Crippen LogP contribution in [0.5, 0.6) is 0 Å². The first-order chi connectivity index (χ1) is 9.04. The first-order valence-electron chi connectivity index (χ1n) is 6.25. The lowest BCUT2D eigenvalue weighted by Gasteiger charge is -2.13. The van der Waals surface area contributed by atoms with E-state index < -0.39 is 0 Å². The number of nitrogens with one attached hydrogen (secondary N) is 1. The lowest BCUT2D eigenvalue weighted by atomic mass is 9.95. The molecule has 0 aromatic carbocycles. The number of hydrogen-bond acceptors (Lipinski definition) is 4. The van der Waals surface area contributed by atoms with Crippen LogP contribution in [0.15, 0.2) is 0 Å². The molecule has 2 amide bonds. The number of thiophene rings is 1. The fourth-order valence-electron chi connectivity index (χ4n) is 2.18. The number of methoxy groups -OCH3 is 1. The number of carbonyl (C=O) groups is 2. The topological polar surface area (TPSA) is 58.6 Å². The van der Waals surface area contributed by atoms with Crippen LogP contribution in [0.4, 0.5) is 9.80 Å². The van der Waals surface area contributed by atoms with Gasteiger partial charge in [-0.2, -0.15) is 0 Å². The van der Waals surface area contributed by atoms with Crippen LogP contribution in [-0.2, 0) is 17.6 Å². The van der Waals surface area contributed by atoms with Crippen molar-refractivity contribution in [3.8, 4) is 0 Å². The van der Waals surface area contributed by atoms with Gasteiger partial charge in [0.15, 0.2) is 0 Å². The van der Waals surface area contributed by atoms with E-state index in [4.69, 9.17) is 4.74 Å². The van der Waals surface area contributed by atoms with Gasteiger partial charge in [0.2, 0.25) is 0 Å². The quantitative estimate of drug-likeness (QED) is 0.848. The largest absolute Gasteiger partial charge is 0.465 e. The minimum Gasteiger partial charge on any atom is -0.465 e. The molecule has 0 spiro atoms. The van der Waals surface area contributed by atoms with Crippen LogP contribution in [0.25, 0.3) is 0 Å². The number of esters is 1. The summed E-state index contributed by atoms with van der Waals surface area (Å²) >= 11 is 1.49. The van der Waals surface area contributed by atoms with Gasteiger partial charge in [0, 0.05) is 19.0 Å². The van der Waals surface area contributed by atoms with Gasteiger partial charge >= 0.3 is 12.0 Å². The lowest BCUT2D eigenvalue weighted by molar-refractivity contribution is 0.0601. The van der Waals surface area contributed by atoms with Crippen molar-refractivity contribution in [2.45, 2.75) is 25.7 Å². The Hall–Kier alpha value is -1.56. The van der Waals surface area contributed by atoms with Crippen molar-refractivity contribution < 1.29 is 14.3 Å². The van der Waals surface area contributed by atoms with E-state index in [0.29, 0.717) is 10.6 Å². The van der Waals surface area contributed by atoms with Crippen molar-refractivity contribution in [1.82, 2.24) is 4.90 Å². The van der Waals surface area contributed by atoms with Crippen LogP contribution in [0.3, 0.4) is 0 Å². The Kier molecular flexibility index (Phi) is 4.09. The van der Waals surface area contributed by atoms with Gasteiger partial charge in [0.1, 0.15) is 5.00 Å². The molecule has 0 aliphatic heterocycles. The van der Waals surface area contributed by atoms with Crippen LogP contribution in [0.2, 0.25) is 0 Å². The van der Waals surface area contributed by atoms with Crippen molar-refractivity contribution in [1.29, 1.82) is 0 Å². The van der Waals surface area contributed by atoms with Gasteiger partial charge in [-0.15, -0.1) is 11.3 Å². The Morgan fingerprint density at radius 1 is 1.26 bits per heavy atom. The molecule has 6 heteroatoms. The number of nitrogens with zero attached hydrogens (tertiary/aromatic N) is 1. The number of urea groups is 1. The fourth-order valence-corrected chi connectivity index (χ4v) is 3.45. The van der Waals surface area contributed by atoms with Crippen molar-refractivity contribution in [2.75, 3.05) is 26.5 Å². The predicted molar refractivity (Wildman–Crippen MR) is 75.0 cm³/mol. The van der Waals surface area contributed by atoms with E-state index in [1.165, 1.54) is 28.2 Å². The molecule has 0 saturated heterocycles. The minimum atomic E-state index is -0.367. The Bertz CT molecular complexity index is 508. The molecule has 0 fully saturated rings. The maximum Gasteiger partial charge on any atom is 0.341 e. The molecule has 1 aromatic heterocycles. The summed E-state index contributed by atoms with van der Waals surface area (Å²) in [5, 5.41) is 3.40. The zero-order valence-electron chi connectivity index (χ0n) is 11.4.